The second kappa shape index (κ2) is 14.5. The van der Waals surface area contributed by atoms with Crippen LogP contribution in [0.1, 0.15) is 0 Å². The van der Waals surface area contributed by atoms with E-state index in [1.807, 2.05) is 97.1 Å². The van der Waals surface area contributed by atoms with Gasteiger partial charge in [-0.15, -0.1) is 0 Å². The highest BCUT2D eigenvalue weighted by Gasteiger charge is 2.20. The first-order valence-corrected chi connectivity index (χ1v) is 20.0. The Morgan fingerprint density at radius 2 is 0.823 bits per heavy atom. The summed E-state index contributed by atoms with van der Waals surface area (Å²) in [6.07, 6.45) is 6.48. The number of pyridine rings is 2. The molecule has 0 radical (unpaired) electrons. The van der Waals surface area contributed by atoms with Crippen LogP contribution in [0.3, 0.4) is 0 Å². The lowest BCUT2D eigenvalue weighted by Crippen LogP contribution is -1.99. The summed E-state index contributed by atoms with van der Waals surface area (Å²) < 4.78 is 0. The van der Waals surface area contributed by atoms with Crippen LogP contribution in [0.5, 0.6) is 0 Å². The smallest absolute Gasteiger partial charge is 0.181 e. The lowest BCUT2D eigenvalue weighted by atomic mass is 9.89. The summed E-state index contributed by atoms with van der Waals surface area (Å²) in [5, 5.41) is 7.96. The number of nitrogens with zero attached hydrogens (tertiary/aromatic N) is 11. The van der Waals surface area contributed by atoms with Crippen molar-refractivity contribution in [1.29, 1.82) is 0 Å². The van der Waals surface area contributed by atoms with Crippen LogP contribution in [0.4, 0.5) is 0 Å². The minimum atomic E-state index is 0.462. The molecule has 0 aliphatic carbocycles. The third kappa shape index (κ3) is 6.03. The van der Waals surface area contributed by atoms with E-state index in [9.17, 15) is 0 Å². The minimum absolute atomic E-state index is 0.462. The van der Waals surface area contributed by atoms with Gasteiger partial charge in [0.05, 0.1) is 11.0 Å². The van der Waals surface area contributed by atoms with Gasteiger partial charge in [-0.05, 0) is 62.6 Å². The number of hydrogen-bond donors (Lipinski definition) is 0. The van der Waals surface area contributed by atoms with Crippen molar-refractivity contribution in [2.24, 2.45) is 0 Å². The molecule has 0 aliphatic heterocycles. The molecule has 0 saturated heterocycles. The second-order valence-corrected chi connectivity index (χ2v) is 14.8. The Bertz CT molecular complexity index is 3710. The average Bonchev–Trinajstić information content (AvgIpc) is 3.36. The molecule has 0 N–H and O–H groups in total. The highest BCUT2D eigenvalue weighted by atomic mass is 15.0. The highest BCUT2D eigenvalue weighted by Crippen LogP contribution is 2.42. The first-order chi connectivity index (χ1) is 30.7. The molecule has 0 amide bonds. The zero-order valence-corrected chi connectivity index (χ0v) is 32.7. The van der Waals surface area contributed by atoms with Crippen molar-refractivity contribution in [2.75, 3.05) is 0 Å². The molecule has 5 heterocycles. The Labute approximate surface area is 353 Å². The quantitative estimate of drug-likeness (QED) is 0.148. The molecule has 0 unspecified atom stereocenters. The maximum Gasteiger partial charge on any atom is 0.181 e. The molecule has 0 bridgehead atoms. The van der Waals surface area contributed by atoms with Crippen LogP contribution in [0, 0.1) is 0 Å². The summed E-state index contributed by atoms with van der Waals surface area (Å²) in [7, 11) is 0. The summed E-state index contributed by atoms with van der Waals surface area (Å²) in [5.41, 5.74) is 6.59. The maximum atomic E-state index is 5.07. The van der Waals surface area contributed by atoms with Gasteiger partial charge in [-0.1, -0.05) is 121 Å². The zero-order valence-electron chi connectivity index (χ0n) is 32.7. The van der Waals surface area contributed by atoms with Gasteiger partial charge in [0.2, 0.25) is 0 Å². The predicted octanol–water partition coefficient (Wildman–Crippen LogP) is 10.8. The van der Waals surface area contributed by atoms with Gasteiger partial charge in [0.25, 0.3) is 0 Å². The largest absolute Gasteiger partial charge is 0.254 e. The van der Waals surface area contributed by atoms with E-state index >= 15 is 0 Å². The molecule has 0 atom stereocenters. The van der Waals surface area contributed by atoms with Gasteiger partial charge in [0, 0.05) is 44.8 Å². The summed E-state index contributed by atoms with van der Waals surface area (Å²) in [6, 6.07) is 50.9. The molecule has 0 saturated carbocycles. The third-order valence-corrected chi connectivity index (χ3v) is 11.1. The van der Waals surface area contributed by atoms with Crippen molar-refractivity contribution >= 4 is 54.1 Å². The highest BCUT2D eigenvalue weighted by molar-refractivity contribution is 6.25. The molecule has 62 heavy (non-hydrogen) atoms. The second-order valence-electron chi connectivity index (χ2n) is 14.8. The Balaban J connectivity index is 1.08. The first-order valence-electron chi connectivity index (χ1n) is 20.0. The van der Waals surface area contributed by atoms with Crippen molar-refractivity contribution in [2.45, 2.75) is 0 Å². The molecule has 11 nitrogen and oxygen atoms in total. The van der Waals surface area contributed by atoms with Crippen LogP contribution in [0.15, 0.2) is 177 Å². The van der Waals surface area contributed by atoms with E-state index in [4.69, 9.17) is 29.9 Å². The van der Waals surface area contributed by atoms with Gasteiger partial charge in [-0.25, -0.2) is 49.8 Å². The van der Waals surface area contributed by atoms with E-state index in [2.05, 4.69) is 79.5 Å². The summed E-state index contributed by atoms with van der Waals surface area (Å²) in [4.78, 5) is 52.5. The van der Waals surface area contributed by atoms with Crippen molar-refractivity contribution in [1.82, 2.24) is 54.8 Å². The lowest BCUT2D eigenvalue weighted by molar-refractivity contribution is 1.06. The molecule has 11 heteroatoms. The van der Waals surface area contributed by atoms with Crippen LogP contribution in [-0.2, 0) is 0 Å². The van der Waals surface area contributed by atoms with E-state index in [0.717, 1.165) is 81.9 Å². The lowest BCUT2D eigenvalue weighted by Gasteiger charge is -2.16. The van der Waals surface area contributed by atoms with E-state index in [1.165, 1.54) is 0 Å². The molecule has 12 rings (SSSR count). The normalized spacial score (nSPS) is 11.5. The van der Waals surface area contributed by atoms with E-state index < -0.39 is 0 Å². The first kappa shape index (κ1) is 35.1. The molecular formula is C51H29N11. The monoisotopic (exact) mass is 795 g/mol. The fraction of sp³-hybridized carbons (Fsp3) is 0. The molecule has 5 aromatic heterocycles. The van der Waals surface area contributed by atoms with Crippen molar-refractivity contribution < 1.29 is 0 Å². The van der Waals surface area contributed by atoms with Crippen molar-refractivity contribution in [3.63, 3.8) is 0 Å². The number of rotatable bonds is 6. The minimum Gasteiger partial charge on any atom is -0.254 e. The Morgan fingerprint density at radius 3 is 1.52 bits per heavy atom. The molecular weight excluding hydrogens is 767 g/mol. The molecule has 7 aromatic carbocycles. The van der Waals surface area contributed by atoms with Crippen LogP contribution in [0.25, 0.3) is 123 Å². The Kier molecular flexibility index (Phi) is 8.20. The maximum absolute atomic E-state index is 5.07. The molecule has 0 aliphatic rings. The third-order valence-electron chi connectivity index (χ3n) is 11.1. The summed E-state index contributed by atoms with van der Waals surface area (Å²) in [5.74, 6) is 3.28. The number of fused-ring (bicyclic) bond motifs is 8. The van der Waals surface area contributed by atoms with Gasteiger partial charge in [-0.2, -0.15) is 0 Å². The van der Waals surface area contributed by atoms with Crippen molar-refractivity contribution in [3.05, 3.63) is 177 Å². The SMILES string of the molecule is c1ccc(-c2ncnc(-c3ccc4c(-c5ncnc(-c6ccccc6)n5)cc5cc(-c6ncnc(-c7ccc8ccc9cccnc9c8n7)n6)c6ccccc6c5c4c3)n2)cc1. The predicted molar refractivity (Wildman–Crippen MR) is 242 cm³/mol. The molecule has 288 valence electrons. The molecule has 12 aromatic rings. The van der Waals surface area contributed by atoms with E-state index in [1.54, 1.807) is 25.2 Å². The molecule has 0 spiro atoms. The number of aromatic nitrogens is 11. The fourth-order valence-electron chi connectivity index (χ4n) is 8.25. The van der Waals surface area contributed by atoms with Crippen LogP contribution < -0.4 is 0 Å². The topological polar surface area (TPSA) is 142 Å². The fourth-order valence-corrected chi connectivity index (χ4v) is 8.25. The van der Waals surface area contributed by atoms with Gasteiger partial charge >= 0.3 is 0 Å². The summed E-state index contributed by atoms with van der Waals surface area (Å²) in [6.45, 7) is 0. The van der Waals surface area contributed by atoms with E-state index in [0.29, 0.717) is 40.6 Å². The van der Waals surface area contributed by atoms with E-state index in [-0.39, 0.29) is 0 Å². The van der Waals surface area contributed by atoms with Gasteiger partial charge < -0.3 is 0 Å². The van der Waals surface area contributed by atoms with Crippen LogP contribution in [-0.4, -0.2) is 54.8 Å². The summed E-state index contributed by atoms with van der Waals surface area (Å²) >= 11 is 0. The van der Waals surface area contributed by atoms with Gasteiger partial charge in [0.15, 0.2) is 34.9 Å². The Hall–Kier alpha value is -8.83. The van der Waals surface area contributed by atoms with Crippen molar-refractivity contribution in [3.8, 4) is 68.5 Å². The zero-order chi connectivity index (χ0) is 41.0. The standard InChI is InChI=1S/C51H29N11/c1-3-10-32(11-4-1)46-53-27-55-48(60-46)34-19-21-37-39(24-34)43-35(26-41(37)49-56-28-54-47(61-49)33-12-5-2-6-13-33)25-40(36-15-7-8-16-38(36)43)50-57-29-58-51(62-50)42-22-20-31-18-17-30-14-9-23-52-44(30)45(31)59-42/h1-29H. The van der Waals surface area contributed by atoms with Crippen LogP contribution in [0.2, 0.25) is 0 Å². The van der Waals surface area contributed by atoms with Crippen LogP contribution >= 0.6 is 0 Å². The van der Waals surface area contributed by atoms with Gasteiger partial charge in [-0.3, -0.25) is 4.98 Å². The number of hydrogen-bond acceptors (Lipinski definition) is 11. The van der Waals surface area contributed by atoms with Gasteiger partial charge in [0.1, 0.15) is 24.7 Å². The Morgan fingerprint density at radius 1 is 0.290 bits per heavy atom. The number of benzene rings is 7. The average molecular weight is 796 g/mol. The molecule has 0 fully saturated rings.